The number of carboxylic acids is 1. The maximum Gasteiger partial charge on any atom is 0.416 e. The summed E-state index contributed by atoms with van der Waals surface area (Å²) in [5, 5.41) is 8.95. The molecular formula is C18H15F4NO2. The lowest BCUT2D eigenvalue weighted by Crippen LogP contribution is -2.50. The zero-order chi connectivity index (χ0) is 18.4. The summed E-state index contributed by atoms with van der Waals surface area (Å²) < 4.78 is 52.4. The molecule has 7 heteroatoms. The van der Waals surface area contributed by atoms with E-state index in [9.17, 15) is 22.4 Å². The first kappa shape index (κ1) is 17.3. The van der Waals surface area contributed by atoms with Crippen molar-refractivity contribution < 1.29 is 27.5 Å². The van der Waals surface area contributed by atoms with Crippen molar-refractivity contribution in [3.63, 3.8) is 0 Å². The van der Waals surface area contributed by atoms with Crippen molar-refractivity contribution in [3.8, 4) is 11.1 Å². The highest BCUT2D eigenvalue weighted by atomic mass is 19.4. The van der Waals surface area contributed by atoms with E-state index in [0.29, 0.717) is 30.4 Å². The third-order valence-corrected chi connectivity index (χ3v) is 4.22. The molecule has 1 heterocycles. The van der Waals surface area contributed by atoms with Crippen LogP contribution in [0, 0.1) is 18.7 Å². The van der Waals surface area contributed by atoms with Crippen LogP contribution in [0.4, 0.5) is 23.2 Å². The van der Waals surface area contributed by atoms with E-state index < -0.39 is 29.4 Å². The first-order valence-electron chi connectivity index (χ1n) is 7.61. The minimum atomic E-state index is -4.63. The van der Waals surface area contributed by atoms with Gasteiger partial charge in [-0.25, -0.2) is 4.39 Å². The van der Waals surface area contributed by atoms with Crippen molar-refractivity contribution >= 4 is 11.7 Å². The van der Waals surface area contributed by atoms with Gasteiger partial charge >= 0.3 is 12.1 Å². The number of alkyl halides is 3. The predicted octanol–water partition coefficient (Wildman–Crippen LogP) is 4.34. The number of halogens is 4. The van der Waals surface area contributed by atoms with Crippen molar-refractivity contribution in [2.24, 2.45) is 5.92 Å². The molecule has 1 saturated heterocycles. The van der Waals surface area contributed by atoms with E-state index in [4.69, 9.17) is 5.11 Å². The van der Waals surface area contributed by atoms with Gasteiger partial charge in [-0.15, -0.1) is 0 Å². The molecule has 2 aromatic rings. The molecule has 3 nitrogen and oxygen atoms in total. The maximum atomic E-state index is 13.6. The molecule has 0 aromatic heterocycles. The summed E-state index contributed by atoms with van der Waals surface area (Å²) in [6.07, 6.45) is -4.63. The minimum Gasteiger partial charge on any atom is -0.481 e. The quantitative estimate of drug-likeness (QED) is 0.835. The van der Waals surface area contributed by atoms with Crippen molar-refractivity contribution in [3.05, 3.63) is 53.3 Å². The highest BCUT2D eigenvalue weighted by Crippen LogP contribution is 2.35. The van der Waals surface area contributed by atoms with Crippen LogP contribution in [0.2, 0.25) is 0 Å². The minimum absolute atomic E-state index is 0.132. The first-order chi connectivity index (χ1) is 11.6. The third kappa shape index (κ3) is 3.60. The third-order valence-electron chi connectivity index (χ3n) is 4.22. The van der Waals surface area contributed by atoms with Crippen LogP contribution in [-0.4, -0.2) is 24.2 Å². The lowest BCUT2D eigenvalue weighted by molar-refractivity contribution is -0.142. The molecule has 0 spiro atoms. The van der Waals surface area contributed by atoms with E-state index in [1.807, 2.05) is 11.0 Å². The Morgan fingerprint density at radius 3 is 2.32 bits per heavy atom. The topological polar surface area (TPSA) is 40.5 Å². The second kappa shape index (κ2) is 6.06. The van der Waals surface area contributed by atoms with Gasteiger partial charge in [-0.05, 0) is 53.9 Å². The van der Waals surface area contributed by atoms with Crippen LogP contribution in [-0.2, 0) is 11.0 Å². The molecule has 0 amide bonds. The van der Waals surface area contributed by atoms with E-state index in [-0.39, 0.29) is 5.56 Å². The van der Waals surface area contributed by atoms with Crippen LogP contribution in [0.1, 0.15) is 11.1 Å². The summed E-state index contributed by atoms with van der Waals surface area (Å²) in [6, 6.07) is 7.59. The monoisotopic (exact) mass is 353 g/mol. The highest BCUT2D eigenvalue weighted by molar-refractivity contribution is 5.76. The lowest BCUT2D eigenvalue weighted by Gasteiger charge is -2.39. The van der Waals surface area contributed by atoms with E-state index in [2.05, 4.69) is 0 Å². The number of anilines is 1. The van der Waals surface area contributed by atoms with E-state index >= 15 is 0 Å². The summed E-state index contributed by atoms with van der Waals surface area (Å²) in [5.41, 5.74) is 1.06. The van der Waals surface area contributed by atoms with E-state index in [1.165, 1.54) is 0 Å². The van der Waals surface area contributed by atoms with Crippen molar-refractivity contribution in [1.29, 1.82) is 0 Å². The fraction of sp³-hybridized carbons (Fsp3) is 0.278. The summed E-state index contributed by atoms with van der Waals surface area (Å²) in [4.78, 5) is 12.7. The van der Waals surface area contributed by atoms with Crippen LogP contribution in [0.25, 0.3) is 11.1 Å². The molecule has 3 rings (SSSR count). The van der Waals surface area contributed by atoms with Crippen LogP contribution in [0.15, 0.2) is 36.4 Å². The average molecular weight is 353 g/mol. The molecule has 1 N–H and O–H groups in total. The number of benzene rings is 2. The molecule has 0 unspecified atom stereocenters. The number of rotatable bonds is 3. The van der Waals surface area contributed by atoms with Gasteiger partial charge in [0.2, 0.25) is 0 Å². The van der Waals surface area contributed by atoms with Crippen LogP contribution < -0.4 is 4.90 Å². The molecule has 0 bridgehead atoms. The Balaban J connectivity index is 1.96. The second-order valence-corrected chi connectivity index (χ2v) is 6.22. The fourth-order valence-corrected chi connectivity index (χ4v) is 2.88. The molecular weight excluding hydrogens is 338 g/mol. The zero-order valence-corrected chi connectivity index (χ0v) is 13.3. The second-order valence-electron chi connectivity index (χ2n) is 6.22. The SMILES string of the molecule is Cc1cc(-c2cc(F)cc(C(F)(F)F)c2)cc(N2CC(C(=O)O)C2)c1. The van der Waals surface area contributed by atoms with Crippen molar-refractivity contribution in [2.45, 2.75) is 13.1 Å². The molecule has 132 valence electrons. The predicted molar refractivity (Wildman–Crippen MR) is 84.9 cm³/mol. The van der Waals surface area contributed by atoms with Crippen LogP contribution in [0.3, 0.4) is 0 Å². The standard InChI is InChI=1S/C18H15F4NO2/c1-10-2-11(6-16(3-10)23-8-13(9-23)17(24)25)12-4-14(18(20,21)22)7-15(19)5-12/h2-7,13H,8-9H2,1H3,(H,24,25). The molecule has 1 aliphatic heterocycles. The highest BCUT2D eigenvalue weighted by Gasteiger charge is 2.33. The normalized spacial score (nSPS) is 15.2. The number of hydrogen-bond donors (Lipinski definition) is 1. The van der Waals surface area contributed by atoms with Gasteiger partial charge < -0.3 is 10.0 Å². The van der Waals surface area contributed by atoms with Crippen molar-refractivity contribution in [2.75, 3.05) is 18.0 Å². The Bertz CT molecular complexity index is 826. The van der Waals surface area contributed by atoms with E-state index in [0.717, 1.165) is 17.7 Å². The van der Waals surface area contributed by atoms with Gasteiger partial charge in [0.25, 0.3) is 0 Å². The number of aryl methyl sites for hydroxylation is 1. The number of aliphatic carboxylic acids is 1. The number of hydrogen-bond acceptors (Lipinski definition) is 2. The van der Waals surface area contributed by atoms with Gasteiger partial charge in [-0.3, -0.25) is 4.79 Å². The first-order valence-corrected chi connectivity index (χ1v) is 7.61. The Hall–Kier alpha value is -2.57. The zero-order valence-electron chi connectivity index (χ0n) is 13.3. The number of carbonyl (C=O) groups is 1. The van der Waals surface area contributed by atoms with Crippen LogP contribution in [0.5, 0.6) is 0 Å². The van der Waals surface area contributed by atoms with Gasteiger partial charge in [0.15, 0.2) is 0 Å². The average Bonchev–Trinajstić information content (AvgIpc) is 2.43. The Morgan fingerprint density at radius 2 is 1.72 bits per heavy atom. The molecule has 0 atom stereocenters. The summed E-state index contributed by atoms with van der Waals surface area (Å²) >= 11 is 0. The van der Waals surface area contributed by atoms with Crippen molar-refractivity contribution in [1.82, 2.24) is 0 Å². The molecule has 0 radical (unpaired) electrons. The largest absolute Gasteiger partial charge is 0.481 e. The number of nitrogens with zero attached hydrogens (tertiary/aromatic N) is 1. The fourth-order valence-electron chi connectivity index (χ4n) is 2.88. The summed E-state index contributed by atoms with van der Waals surface area (Å²) in [7, 11) is 0. The molecule has 1 aliphatic rings. The summed E-state index contributed by atoms with van der Waals surface area (Å²) in [6.45, 7) is 2.47. The molecule has 0 saturated carbocycles. The smallest absolute Gasteiger partial charge is 0.416 e. The van der Waals surface area contributed by atoms with Gasteiger partial charge in [-0.2, -0.15) is 13.2 Å². The molecule has 25 heavy (non-hydrogen) atoms. The Labute approximate surface area is 141 Å². The molecule has 0 aliphatic carbocycles. The van der Waals surface area contributed by atoms with Crippen LogP contribution >= 0.6 is 0 Å². The molecule has 1 fully saturated rings. The van der Waals surface area contributed by atoms with E-state index in [1.54, 1.807) is 19.1 Å². The summed E-state index contributed by atoms with van der Waals surface area (Å²) in [5.74, 6) is -2.28. The number of carboxylic acid groups (broad SMARTS) is 1. The van der Waals surface area contributed by atoms with Gasteiger partial charge in [0, 0.05) is 18.8 Å². The van der Waals surface area contributed by atoms with Gasteiger partial charge in [-0.1, -0.05) is 6.07 Å². The van der Waals surface area contributed by atoms with Gasteiger partial charge in [0.05, 0.1) is 11.5 Å². The Kier molecular flexibility index (Phi) is 4.18. The molecule has 2 aromatic carbocycles. The maximum absolute atomic E-state index is 13.6. The van der Waals surface area contributed by atoms with Gasteiger partial charge in [0.1, 0.15) is 5.82 Å². The lowest BCUT2D eigenvalue weighted by atomic mass is 9.96. The Morgan fingerprint density at radius 1 is 1.08 bits per heavy atom.